The zero-order chi connectivity index (χ0) is 25.2. The Balaban J connectivity index is 1.46. The third-order valence-corrected chi connectivity index (χ3v) is 9.36. The third-order valence-electron chi connectivity index (χ3n) is 9.36. The second-order valence-corrected chi connectivity index (χ2v) is 11.6. The maximum absolute atomic E-state index is 2.61. The van der Waals surface area contributed by atoms with E-state index in [9.17, 15) is 0 Å². The predicted molar refractivity (Wildman–Crippen MR) is 161 cm³/mol. The van der Waals surface area contributed by atoms with Gasteiger partial charge < -0.3 is 9.47 Å². The molecule has 2 aliphatic heterocycles. The van der Waals surface area contributed by atoms with Gasteiger partial charge in [-0.1, -0.05) is 92.7 Å². The Morgan fingerprint density at radius 1 is 0.737 bits per heavy atom. The van der Waals surface area contributed by atoms with E-state index in [4.69, 9.17) is 0 Å². The largest absolute Gasteiger partial charge is 0.312 e. The summed E-state index contributed by atoms with van der Waals surface area (Å²) < 4.78 is 2.61. The standard InChI is InChI=1S/C35H27BN2/c1-35(2)25-16-7-6-14-23(25)34-31(35)24-15-10-18-27-33(24)38(34)30-21-11-20-29-32(30)36(27)26-17-8-9-19-28(26)37(29)22-12-4-3-5-13-22/h4,6-21H,3,5H2,1-2H3. The maximum atomic E-state index is 2.61. The van der Waals surface area contributed by atoms with Crippen LogP contribution in [0.25, 0.3) is 27.8 Å². The average molecular weight is 486 g/mol. The monoisotopic (exact) mass is 486 g/mol. The molecule has 3 heteroatoms. The Morgan fingerprint density at radius 2 is 1.50 bits per heavy atom. The lowest BCUT2D eigenvalue weighted by Crippen LogP contribution is -2.60. The Kier molecular flexibility index (Phi) is 3.82. The topological polar surface area (TPSA) is 8.17 Å². The molecule has 2 nitrogen and oxygen atoms in total. The van der Waals surface area contributed by atoms with E-state index in [0.717, 1.165) is 12.8 Å². The van der Waals surface area contributed by atoms with E-state index in [-0.39, 0.29) is 12.1 Å². The molecule has 1 aromatic heterocycles. The number of benzene rings is 4. The summed E-state index contributed by atoms with van der Waals surface area (Å²) in [7, 11) is 0. The molecule has 0 saturated carbocycles. The average Bonchev–Trinajstić information content (AvgIpc) is 3.43. The highest BCUT2D eigenvalue weighted by Gasteiger charge is 2.46. The minimum Gasteiger partial charge on any atom is -0.312 e. The Hall–Kier alpha value is -4.24. The molecule has 0 N–H and O–H groups in total. The summed E-state index contributed by atoms with van der Waals surface area (Å²) in [5.74, 6) is 0. The number of aromatic nitrogens is 1. The number of allylic oxidation sites excluding steroid dienone is 3. The van der Waals surface area contributed by atoms with E-state index in [1.165, 1.54) is 72.4 Å². The van der Waals surface area contributed by atoms with E-state index in [1.54, 1.807) is 0 Å². The highest BCUT2D eigenvalue weighted by atomic mass is 15.2. The van der Waals surface area contributed by atoms with Gasteiger partial charge in [-0.3, -0.25) is 0 Å². The van der Waals surface area contributed by atoms with Gasteiger partial charge in [0, 0.05) is 44.6 Å². The number of rotatable bonds is 1. The van der Waals surface area contributed by atoms with Crippen LogP contribution in [0.5, 0.6) is 0 Å². The molecule has 0 unspecified atom stereocenters. The molecule has 3 heterocycles. The number of para-hydroxylation sites is 2. The van der Waals surface area contributed by atoms with Crippen molar-refractivity contribution in [2.45, 2.75) is 32.1 Å². The van der Waals surface area contributed by atoms with Gasteiger partial charge in [-0.25, -0.2) is 0 Å². The molecule has 2 aliphatic carbocycles. The molecular weight excluding hydrogens is 459 g/mol. The van der Waals surface area contributed by atoms with E-state index in [2.05, 4.69) is 126 Å². The van der Waals surface area contributed by atoms with E-state index in [0.29, 0.717) is 0 Å². The lowest BCUT2D eigenvalue weighted by molar-refractivity contribution is 0.666. The van der Waals surface area contributed by atoms with Crippen molar-refractivity contribution >= 4 is 45.4 Å². The molecule has 38 heavy (non-hydrogen) atoms. The van der Waals surface area contributed by atoms with Crippen molar-refractivity contribution in [1.29, 1.82) is 0 Å². The molecule has 4 aromatic carbocycles. The van der Waals surface area contributed by atoms with Crippen molar-refractivity contribution in [2.75, 3.05) is 4.90 Å². The molecule has 4 aliphatic rings. The molecule has 0 saturated heterocycles. The van der Waals surface area contributed by atoms with Crippen molar-refractivity contribution in [1.82, 2.24) is 4.57 Å². The maximum Gasteiger partial charge on any atom is 0.252 e. The fraction of sp³-hybridized carbons (Fsp3) is 0.143. The van der Waals surface area contributed by atoms with Crippen LogP contribution in [0.3, 0.4) is 0 Å². The molecule has 0 radical (unpaired) electrons. The zero-order valence-corrected chi connectivity index (χ0v) is 21.7. The van der Waals surface area contributed by atoms with Crippen molar-refractivity contribution in [3.05, 3.63) is 120 Å². The molecule has 180 valence electrons. The minimum absolute atomic E-state index is 0.0481. The quantitative estimate of drug-likeness (QED) is 0.243. The summed E-state index contributed by atoms with van der Waals surface area (Å²) >= 11 is 0. The first-order chi connectivity index (χ1) is 18.7. The summed E-state index contributed by atoms with van der Waals surface area (Å²) in [5.41, 5.74) is 16.4. The van der Waals surface area contributed by atoms with Crippen LogP contribution in [0.15, 0.2) is 109 Å². The van der Waals surface area contributed by atoms with E-state index in [1.807, 2.05) is 0 Å². The van der Waals surface area contributed by atoms with Crippen LogP contribution in [-0.2, 0) is 5.41 Å². The van der Waals surface area contributed by atoms with Crippen LogP contribution in [0.4, 0.5) is 11.4 Å². The van der Waals surface area contributed by atoms with Crippen LogP contribution in [-0.4, -0.2) is 11.3 Å². The lowest BCUT2D eigenvalue weighted by Gasteiger charge is -2.41. The van der Waals surface area contributed by atoms with Gasteiger partial charge in [0.15, 0.2) is 0 Å². The van der Waals surface area contributed by atoms with Gasteiger partial charge in [0.2, 0.25) is 0 Å². The van der Waals surface area contributed by atoms with Gasteiger partial charge in [0.25, 0.3) is 6.71 Å². The molecule has 0 bridgehead atoms. The molecule has 5 aromatic rings. The number of nitrogens with zero attached hydrogens (tertiary/aromatic N) is 2. The smallest absolute Gasteiger partial charge is 0.252 e. The highest BCUT2D eigenvalue weighted by Crippen LogP contribution is 2.54. The Labute approximate surface area is 223 Å². The normalized spacial score (nSPS) is 17.2. The second kappa shape index (κ2) is 6.99. The molecule has 9 rings (SSSR count). The first-order valence-corrected chi connectivity index (χ1v) is 13.8. The highest BCUT2D eigenvalue weighted by molar-refractivity contribution is 7.00. The molecule has 0 fully saturated rings. The van der Waals surface area contributed by atoms with Crippen molar-refractivity contribution < 1.29 is 0 Å². The van der Waals surface area contributed by atoms with E-state index >= 15 is 0 Å². The van der Waals surface area contributed by atoms with Crippen molar-refractivity contribution in [3.8, 4) is 16.9 Å². The van der Waals surface area contributed by atoms with Crippen LogP contribution < -0.4 is 21.3 Å². The Morgan fingerprint density at radius 3 is 2.39 bits per heavy atom. The van der Waals surface area contributed by atoms with Crippen molar-refractivity contribution in [2.24, 2.45) is 0 Å². The fourth-order valence-corrected chi connectivity index (χ4v) is 7.91. The van der Waals surface area contributed by atoms with Gasteiger partial charge in [0.05, 0.1) is 5.69 Å². The fourth-order valence-electron chi connectivity index (χ4n) is 7.91. The van der Waals surface area contributed by atoms with Gasteiger partial charge in [-0.05, 0) is 64.6 Å². The summed E-state index contributed by atoms with van der Waals surface area (Å²) in [6, 6.07) is 32.1. The molecular formula is C35H27BN2. The number of fused-ring (bicyclic) bond motifs is 9. The summed E-state index contributed by atoms with van der Waals surface area (Å²) in [6.07, 6.45) is 9.22. The number of hydrogen-bond donors (Lipinski definition) is 0. The first-order valence-electron chi connectivity index (χ1n) is 13.8. The molecule has 0 spiro atoms. The lowest BCUT2D eigenvalue weighted by atomic mass is 9.34. The summed E-state index contributed by atoms with van der Waals surface area (Å²) in [4.78, 5) is 2.51. The predicted octanol–water partition coefficient (Wildman–Crippen LogP) is 6.45. The molecule has 0 atom stereocenters. The second-order valence-electron chi connectivity index (χ2n) is 11.6. The van der Waals surface area contributed by atoms with Crippen molar-refractivity contribution in [3.63, 3.8) is 0 Å². The van der Waals surface area contributed by atoms with Crippen LogP contribution in [0, 0.1) is 0 Å². The van der Waals surface area contributed by atoms with Gasteiger partial charge >= 0.3 is 0 Å². The minimum atomic E-state index is -0.0481. The van der Waals surface area contributed by atoms with Crippen LogP contribution in [0.2, 0.25) is 0 Å². The van der Waals surface area contributed by atoms with Gasteiger partial charge in [-0.2, -0.15) is 0 Å². The zero-order valence-electron chi connectivity index (χ0n) is 21.7. The number of hydrogen-bond acceptors (Lipinski definition) is 1. The van der Waals surface area contributed by atoms with Crippen LogP contribution >= 0.6 is 0 Å². The summed E-state index contributed by atoms with van der Waals surface area (Å²) in [6.45, 7) is 5.02. The number of anilines is 2. The SMILES string of the molecule is CC1(C)c2ccccc2-c2c1c1cccc3c1n2-c1cccc2c1B3c1ccccc1N2C1=CCCC=C1. The van der Waals surface area contributed by atoms with Gasteiger partial charge in [-0.15, -0.1) is 0 Å². The summed E-state index contributed by atoms with van der Waals surface area (Å²) in [5, 5.41) is 1.40. The first kappa shape index (κ1) is 20.8. The van der Waals surface area contributed by atoms with Gasteiger partial charge in [0.1, 0.15) is 0 Å². The molecule has 0 amide bonds. The van der Waals surface area contributed by atoms with Crippen LogP contribution in [0.1, 0.15) is 37.8 Å². The third kappa shape index (κ3) is 2.32. The van der Waals surface area contributed by atoms with E-state index < -0.39 is 0 Å². The Bertz CT molecular complexity index is 1920.